The van der Waals surface area contributed by atoms with Crippen LogP contribution in [0.4, 0.5) is 5.69 Å². The lowest BCUT2D eigenvalue weighted by atomic mass is 10.1. The number of thiophene rings is 1. The van der Waals surface area contributed by atoms with E-state index in [-0.39, 0.29) is 17.9 Å². The molecule has 0 aliphatic carbocycles. The Morgan fingerprint density at radius 2 is 1.74 bits per heavy atom. The van der Waals surface area contributed by atoms with Gasteiger partial charge < -0.3 is 10.6 Å². The second kappa shape index (κ2) is 8.30. The molecule has 3 aromatic rings. The molecule has 0 saturated carbocycles. The minimum atomic E-state index is -0.283. The van der Waals surface area contributed by atoms with E-state index in [9.17, 15) is 9.59 Å². The van der Waals surface area contributed by atoms with Gasteiger partial charge in [-0.2, -0.15) is 5.26 Å². The summed E-state index contributed by atoms with van der Waals surface area (Å²) in [5.41, 5.74) is 2.31. The minimum absolute atomic E-state index is 0.244. The molecule has 0 saturated heterocycles. The molecule has 0 bridgehead atoms. The van der Waals surface area contributed by atoms with Crippen molar-refractivity contribution in [2.45, 2.75) is 13.0 Å². The number of benzene rings is 2. The molecule has 1 heterocycles. The Morgan fingerprint density at radius 1 is 1.00 bits per heavy atom. The number of nitriles is 1. The fourth-order valence-corrected chi connectivity index (χ4v) is 3.20. The van der Waals surface area contributed by atoms with Crippen LogP contribution in [0.5, 0.6) is 0 Å². The van der Waals surface area contributed by atoms with E-state index in [1.54, 1.807) is 48.5 Å². The zero-order valence-electron chi connectivity index (χ0n) is 14.6. The van der Waals surface area contributed by atoms with Gasteiger partial charge in [-0.15, -0.1) is 11.3 Å². The fourth-order valence-electron chi connectivity index (χ4n) is 2.59. The molecule has 3 rings (SSSR count). The lowest BCUT2D eigenvalue weighted by Crippen LogP contribution is -2.28. The number of carbonyl (C=O) groups excluding carboxylic acids is 2. The van der Waals surface area contributed by atoms with Crippen LogP contribution in [-0.4, -0.2) is 11.8 Å². The molecule has 134 valence electrons. The van der Waals surface area contributed by atoms with Crippen LogP contribution < -0.4 is 10.6 Å². The fraction of sp³-hybridized carbons (Fsp3) is 0.0952. The topological polar surface area (TPSA) is 82.0 Å². The highest BCUT2D eigenvalue weighted by Gasteiger charge is 2.17. The van der Waals surface area contributed by atoms with Crippen LogP contribution in [0, 0.1) is 11.3 Å². The third-order valence-electron chi connectivity index (χ3n) is 4.05. The van der Waals surface area contributed by atoms with E-state index in [2.05, 4.69) is 16.7 Å². The predicted octanol–water partition coefficient (Wildman–Crippen LogP) is 4.36. The van der Waals surface area contributed by atoms with E-state index < -0.39 is 0 Å². The maximum atomic E-state index is 12.7. The normalized spacial score (nSPS) is 11.3. The highest BCUT2D eigenvalue weighted by molar-refractivity contribution is 7.12. The van der Waals surface area contributed by atoms with E-state index in [0.717, 1.165) is 5.56 Å². The zero-order chi connectivity index (χ0) is 19.2. The van der Waals surface area contributed by atoms with Crippen molar-refractivity contribution in [1.82, 2.24) is 5.32 Å². The van der Waals surface area contributed by atoms with Gasteiger partial charge in [-0.25, -0.2) is 0 Å². The van der Waals surface area contributed by atoms with E-state index in [0.29, 0.717) is 21.7 Å². The largest absolute Gasteiger partial charge is 0.345 e. The van der Waals surface area contributed by atoms with Crippen LogP contribution in [0.15, 0.2) is 66.0 Å². The van der Waals surface area contributed by atoms with E-state index in [1.807, 2.05) is 24.4 Å². The van der Waals surface area contributed by atoms with Crippen LogP contribution in [-0.2, 0) is 0 Å². The first kappa shape index (κ1) is 18.4. The number of nitrogens with zero attached hydrogens (tertiary/aromatic N) is 1. The molecular weight excluding hydrogens is 358 g/mol. The molecule has 0 aliphatic heterocycles. The van der Waals surface area contributed by atoms with E-state index >= 15 is 0 Å². The van der Waals surface area contributed by atoms with Crippen molar-refractivity contribution in [2.75, 3.05) is 5.32 Å². The summed E-state index contributed by atoms with van der Waals surface area (Å²) in [5, 5.41) is 16.4. The quantitative estimate of drug-likeness (QED) is 0.695. The van der Waals surface area contributed by atoms with E-state index in [1.165, 1.54) is 11.3 Å². The molecule has 0 aliphatic rings. The summed E-state index contributed by atoms with van der Waals surface area (Å²) in [6, 6.07) is 19.3. The average Bonchev–Trinajstić information content (AvgIpc) is 3.23. The molecule has 0 radical (unpaired) electrons. The van der Waals surface area contributed by atoms with Crippen LogP contribution >= 0.6 is 11.3 Å². The van der Waals surface area contributed by atoms with Gasteiger partial charge in [0, 0.05) is 0 Å². The highest BCUT2D eigenvalue weighted by atomic mass is 32.1. The van der Waals surface area contributed by atoms with Gasteiger partial charge in [-0.1, -0.05) is 30.3 Å². The molecule has 1 unspecified atom stereocenters. The summed E-state index contributed by atoms with van der Waals surface area (Å²) in [7, 11) is 0. The van der Waals surface area contributed by atoms with Gasteiger partial charge in [0.25, 0.3) is 11.8 Å². The third-order valence-corrected chi connectivity index (χ3v) is 4.92. The van der Waals surface area contributed by atoms with Crippen molar-refractivity contribution in [3.63, 3.8) is 0 Å². The summed E-state index contributed by atoms with van der Waals surface area (Å²) in [5.74, 6) is -0.528. The lowest BCUT2D eigenvalue weighted by Gasteiger charge is -2.16. The Hall–Kier alpha value is -3.43. The average molecular weight is 375 g/mol. The van der Waals surface area contributed by atoms with Crippen LogP contribution in [0.2, 0.25) is 0 Å². The molecule has 0 spiro atoms. The molecular formula is C21H17N3O2S. The molecule has 27 heavy (non-hydrogen) atoms. The monoisotopic (exact) mass is 375 g/mol. The van der Waals surface area contributed by atoms with Crippen LogP contribution in [0.25, 0.3) is 0 Å². The Labute approximate surface area is 161 Å². The number of nitrogens with one attached hydrogen (secondary N) is 2. The number of hydrogen-bond acceptors (Lipinski definition) is 4. The van der Waals surface area contributed by atoms with Crippen LogP contribution in [0.1, 0.15) is 44.1 Å². The molecule has 1 atom stereocenters. The molecule has 1 aromatic heterocycles. The summed E-state index contributed by atoms with van der Waals surface area (Å²) in [6.45, 7) is 1.87. The second-order valence-electron chi connectivity index (χ2n) is 5.91. The van der Waals surface area contributed by atoms with E-state index in [4.69, 9.17) is 5.26 Å². The Bertz CT molecular complexity index is 989. The van der Waals surface area contributed by atoms with Gasteiger partial charge in [0.1, 0.15) is 0 Å². The smallest absolute Gasteiger partial charge is 0.265 e. The van der Waals surface area contributed by atoms with Crippen molar-refractivity contribution in [3.8, 4) is 6.07 Å². The molecule has 2 N–H and O–H groups in total. The first-order valence-electron chi connectivity index (χ1n) is 8.33. The third kappa shape index (κ3) is 4.40. The number of rotatable bonds is 5. The lowest BCUT2D eigenvalue weighted by molar-refractivity contribution is 0.0941. The number of amides is 2. The molecule has 5 nitrogen and oxygen atoms in total. The van der Waals surface area contributed by atoms with Crippen molar-refractivity contribution in [3.05, 3.63) is 87.6 Å². The van der Waals surface area contributed by atoms with Crippen LogP contribution in [0.3, 0.4) is 0 Å². The molecule has 6 heteroatoms. The summed E-state index contributed by atoms with van der Waals surface area (Å²) < 4.78 is 0. The summed E-state index contributed by atoms with van der Waals surface area (Å²) in [6.07, 6.45) is 0. The molecule has 2 amide bonds. The molecule has 0 fully saturated rings. The van der Waals surface area contributed by atoms with Gasteiger partial charge in [0.2, 0.25) is 0 Å². The zero-order valence-corrected chi connectivity index (χ0v) is 15.4. The van der Waals surface area contributed by atoms with Gasteiger partial charge in [-0.3, -0.25) is 9.59 Å². The minimum Gasteiger partial charge on any atom is -0.345 e. The second-order valence-corrected chi connectivity index (χ2v) is 6.85. The SMILES string of the molecule is CC(NC(=O)c1ccccc1NC(=O)c1cccs1)c1ccc(C#N)cc1. The Morgan fingerprint density at radius 3 is 2.41 bits per heavy atom. The van der Waals surface area contributed by atoms with Crippen molar-refractivity contribution in [2.24, 2.45) is 0 Å². The number of carbonyl (C=O) groups is 2. The highest BCUT2D eigenvalue weighted by Crippen LogP contribution is 2.20. The van der Waals surface area contributed by atoms with Gasteiger partial charge in [0.05, 0.1) is 33.8 Å². The van der Waals surface area contributed by atoms with Gasteiger partial charge in [-0.05, 0) is 48.2 Å². The van der Waals surface area contributed by atoms with Crippen molar-refractivity contribution in [1.29, 1.82) is 5.26 Å². The van der Waals surface area contributed by atoms with Crippen molar-refractivity contribution < 1.29 is 9.59 Å². The Kier molecular flexibility index (Phi) is 5.64. The first-order chi connectivity index (χ1) is 13.1. The Balaban J connectivity index is 1.74. The van der Waals surface area contributed by atoms with Gasteiger partial charge >= 0.3 is 0 Å². The first-order valence-corrected chi connectivity index (χ1v) is 9.21. The number of para-hydroxylation sites is 1. The number of hydrogen-bond donors (Lipinski definition) is 2. The maximum absolute atomic E-state index is 12.7. The number of anilines is 1. The molecule has 2 aromatic carbocycles. The summed E-state index contributed by atoms with van der Waals surface area (Å²) >= 11 is 1.34. The van der Waals surface area contributed by atoms with Crippen molar-refractivity contribution >= 4 is 28.8 Å². The predicted molar refractivity (Wildman–Crippen MR) is 106 cm³/mol. The standard InChI is InChI=1S/C21H17N3O2S/c1-14(16-10-8-15(13-22)9-11-16)23-20(25)17-5-2-3-6-18(17)24-21(26)19-7-4-12-27-19/h2-12,14H,1H3,(H,23,25)(H,24,26). The van der Waals surface area contributed by atoms with Gasteiger partial charge in [0.15, 0.2) is 0 Å². The maximum Gasteiger partial charge on any atom is 0.265 e. The summed E-state index contributed by atoms with van der Waals surface area (Å²) in [4.78, 5) is 25.6.